The van der Waals surface area contributed by atoms with Crippen molar-refractivity contribution in [3.63, 3.8) is 0 Å². The predicted molar refractivity (Wildman–Crippen MR) is 85.8 cm³/mol. The predicted octanol–water partition coefficient (Wildman–Crippen LogP) is 2.59. The molecule has 0 bridgehead atoms. The van der Waals surface area contributed by atoms with Crippen LogP contribution in [0.2, 0.25) is 5.02 Å². The molecule has 120 valence electrons. The SMILES string of the molecule is CCn1ccc(CN(C)C(=O)C(C)n2nc(C)c(Cl)c2C)n1. The van der Waals surface area contributed by atoms with Crippen molar-refractivity contribution in [1.29, 1.82) is 0 Å². The minimum absolute atomic E-state index is 0.0201. The monoisotopic (exact) mass is 323 g/mol. The van der Waals surface area contributed by atoms with E-state index in [1.807, 2.05) is 44.6 Å². The number of carbonyl (C=O) groups is 1. The summed E-state index contributed by atoms with van der Waals surface area (Å²) >= 11 is 6.15. The standard InChI is InChI=1S/C15H22ClN5O/c1-6-20-8-7-13(18-20)9-19(5)15(22)12(4)21-11(3)14(16)10(2)17-21/h7-8,12H,6,9H2,1-5H3. The number of aromatic nitrogens is 4. The van der Waals surface area contributed by atoms with Crippen LogP contribution in [-0.2, 0) is 17.9 Å². The van der Waals surface area contributed by atoms with Crippen LogP contribution in [0.4, 0.5) is 0 Å². The zero-order valence-corrected chi connectivity index (χ0v) is 14.4. The minimum Gasteiger partial charge on any atom is -0.338 e. The van der Waals surface area contributed by atoms with Gasteiger partial charge >= 0.3 is 0 Å². The fourth-order valence-corrected chi connectivity index (χ4v) is 2.55. The van der Waals surface area contributed by atoms with Gasteiger partial charge in [0.25, 0.3) is 0 Å². The van der Waals surface area contributed by atoms with Crippen LogP contribution in [0.1, 0.15) is 37.0 Å². The first kappa shape index (κ1) is 16.5. The maximum absolute atomic E-state index is 12.6. The molecule has 0 saturated heterocycles. The van der Waals surface area contributed by atoms with Crippen LogP contribution in [0.3, 0.4) is 0 Å². The molecule has 0 aromatic carbocycles. The highest BCUT2D eigenvalue weighted by Crippen LogP contribution is 2.23. The van der Waals surface area contributed by atoms with Crippen LogP contribution in [0.25, 0.3) is 0 Å². The first-order valence-electron chi connectivity index (χ1n) is 7.33. The number of halogens is 1. The van der Waals surface area contributed by atoms with E-state index in [0.29, 0.717) is 11.6 Å². The molecule has 1 amide bonds. The fraction of sp³-hybridized carbons (Fsp3) is 0.533. The number of aryl methyl sites for hydroxylation is 2. The van der Waals surface area contributed by atoms with E-state index < -0.39 is 6.04 Å². The van der Waals surface area contributed by atoms with Gasteiger partial charge in [-0.3, -0.25) is 14.2 Å². The van der Waals surface area contributed by atoms with Crippen LogP contribution < -0.4 is 0 Å². The highest BCUT2D eigenvalue weighted by atomic mass is 35.5. The summed E-state index contributed by atoms with van der Waals surface area (Å²) in [6.07, 6.45) is 1.91. The lowest BCUT2D eigenvalue weighted by Crippen LogP contribution is -2.33. The molecule has 2 rings (SSSR count). The summed E-state index contributed by atoms with van der Waals surface area (Å²) in [6, 6.07) is 1.53. The number of amides is 1. The van der Waals surface area contributed by atoms with Gasteiger partial charge in [-0.1, -0.05) is 11.6 Å². The number of hydrogen-bond donors (Lipinski definition) is 0. The average Bonchev–Trinajstić information content (AvgIpc) is 3.05. The Morgan fingerprint density at radius 3 is 2.59 bits per heavy atom. The molecule has 0 fully saturated rings. The second-order valence-corrected chi connectivity index (χ2v) is 5.84. The van der Waals surface area contributed by atoms with Crippen LogP contribution in [0, 0.1) is 13.8 Å². The average molecular weight is 324 g/mol. The highest BCUT2D eigenvalue weighted by Gasteiger charge is 2.23. The van der Waals surface area contributed by atoms with Gasteiger partial charge in [0.2, 0.25) is 5.91 Å². The van der Waals surface area contributed by atoms with Gasteiger partial charge in [0.15, 0.2) is 0 Å². The second-order valence-electron chi connectivity index (χ2n) is 5.46. The van der Waals surface area contributed by atoms with E-state index in [9.17, 15) is 4.79 Å². The van der Waals surface area contributed by atoms with Crippen molar-refractivity contribution in [2.75, 3.05) is 7.05 Å². The van der Waals surface area contributed by atoms with Gasteiger partial charge in [0.05, 0.1) is 28.6 Å². The lowest BCUT2D eigenvalue weighted by molar-refractivity contribution is -0.133. The molecule has 0 saturated carbocycles. The summed E-state index contributed by atoms with van der Waals surface area (Å²) < 4.78 is 3.53. The molecule has 2 heterocycles. The maximum Gasteiger partial charge on any atom is 0.247 e. The van der Waals surface area contributed by atoms with E-state index in [1.165, 1.54) is 0 Å². The lowest BCUT2D eigenvalue weighted by Gasteiger charge is -2.21. The van der Waals surface area contributed by atoms with Crippen molar-refractivity contribution in [2.24, 2.45) is 0 Å². The molecule has 0 N–H and O–H groups in total. The summed E-state index contributed by atoms with van der Waals surface area (Å²) in [4.78, 5) is 14.2. The molecule has 2 aromatic heterocycles. The molecule has 0 aliphatic carbocycles. The Labute approximate surface area is 135 Å². The van der Waals surface area contributed by atoms with Gasteiger partial charge in [0, 0.05) is 19.8 Å². The van der Waals surface area contributed by atoms with Crippen molar-refractivity contribution in [3.8, 4) is 0 Å². The van der Waals surface area contributed by atoms with Crippen molar-refractivity contribution in [2.45, 2.75) is 46.8 Å². The zero-order valence-electron chi connectivity index (χ0n) is 13.7. The molecule has 1 unspecified atom stereocenters. The number of rotatable bonds is 5. The zero-order chi connectivity index (χ0) is 16.4. The number of nitrogens with zero attached hydrogens (tertiary/aromatic N) is 5. The number of hydrogen-bond acceptors (Lipinski definition) is 3. The Morgan fingerprint density at radius 2 is 2.09 bits per heavy atom. The Bertz CT molecular complexity index is 676. The highest BCUT2D eigenvalue weighted by molar-refractivity contribution is 6.31. The van der Waals surface area contributed by atoms with E-state index in [0.717, 1.165) is 23.6 Å². The summed E-state index contributed by atoms with van der Waals surface area (Å²) in [5.74, 6) is -0.0201. The topological polar surface area (TPSA) is 56.0 Å². The quantitative estimate of drug-likeness (QED) is 0.849. The van der Waals surface area contributed by atoms with E-state index in [4.69, 9.17) is 11.6 Å². The van der Waals surface area contributed by atoms with Crippen molar-refractivity contribution in [1.82, 2.24) is 24.5 Å². The summed E-state index contributed by atoms with van der Waals surface area (Å²) in [5.41, 5.74) is 2.42. The van der Waals surface area contributed by atoms with Gasteiger partial charge in [0.1, 0.15) is 6.04 Å². The van der Waals surface area contributed by atoms with Gasteiger partial charge in [-0.05, 0) is 33.8 Å². The lowest BCUT2D eigenvalue weighted by atomic mass is 10.2. The van der Waals surface area contributed by atoms with Gasteiger partial charge in [-0.25, -0.2) is 0 Å². The summed E-state index contributed by atoms with van der Waals surface area (Å²) in [6.45, 7) is 8.86. The van der Waals surface area contributed by atoms with Crippen LogP contribution in [-0.4, -0.2) is 37.4 Å². The molecule has 0 radical (unpaired) electrons. The van der Waals surface area contributed by atoms with Crippen LogP contribution in [0.5, 0.6) is 0 Å². The molecule has 0 aliphatic heterocycles. The largest absolute Gasteiger partial charge is 0.338 e. The Hall–Kier alpha value is -1.82. The second kappa shape index (κ2) is 6.52. The van der Waals surface area contributed by atoms with Gasteiger partial charge in [-0.2, -0.15) is 10.2 Å². The van der Waals surface area contributed by atoms with Crippen LogP contribution in [0.15, 0.2) is 12.3 Å². The number of likely N-dealkylation sites (N-methyl/N-ethyl adjacent to an activating group) is 1. The Kier molecular flexibility index (Phi) is 4.90. The fourth-order valence-electron chi connectivity index (χ4n) is 2.43. The first-order chi connectivity index (χ1) is 10.3. The number of carbonyl (C=O) groups excluding carboxylic acids is 1. The van der Waals surface area contributed by atoms with E-state index in [-0.39, 0.29) is 5.91 Å². The molecular formula is C15H22ClN5O. The smallest absolute Gasteiger partial charge is 0.247 e. The molecule has 2 aromatic rings. The molecule has 0 spiro atoms. The van der Waals surface area contributed by atoms with Crippen molar-refractivity contribution in [3.05, 3.63) is 34.4 Å². The van der Waals surface area contributed by atoms with E-state index >= 15 is 0 Å². The summed E-state index contributed by atoms with van der Waals surface area (Å²) in [7, 11) is 1.77. The van der Waals surface area contributed by atoms with Crippen LogP contribution >= 0.6 is 11.6 Å². The molecule has 22 heavy (non-hydrogen) atoms. The minimum atomic E-state index is -0.399. The van der Waals surface area contributed by atoms with Gasteiger partial charge < -0.3 is 4.90 Å². The third-order valence-electron chi connectivity index (χ3n) is 3.76. The Balaban J connectivity index is 2.10. The normalized spacial score (nSPS) is 12.5. The van der Waals surface area contributed by atoms with E-state index in [2.05, 4.69) is 10.2 Å². The first-order valence-corrected chi connectivity index (χ1v) is 7.71. The molecule has 1 atom stereocenters. The molecule has 7 heteroatoms. The third-order valence-corrected chi connectivity index (χ3v) is 4.30. The molecular weight excluding hydrogens is 302 g/mol. The van der Waals surface area contributed by atoms with Gasteiger partial charge in [-0.15, -0.1) is 0 Å². The molecule has 6 nitrogen and oxygen atoms in total. The molecule has 0 aliphatic rings. The van der Waals surface area contributed by atoms with Crippen molar-refractivity contribution < 1.29 is 4.79 Å². The van der Waals surface area contributed by atoms with Crippen molar-refractivity contribution >= 4 is 17.5 Å². The maximum atomic E-state index is 12.6. The third kappa shape index (κ3) is 3.16. The van der Waals surface area contributed by atoms with E-state index in [1.54, 1.807) is 16.6 Å². The summed E-state index contributed by atoms with van der Waals surface area (Å²) in [5, 5.41) is 9.37. The Morgan fingerprint density at radius 1 is 1.41 bits per heavy atom.